The van der Waals surface area contributed by atoms with E-state index < -0.39 is 15.1 Å². The normalized spacial score (nSPS) is 20.0. The first-order valence-corrected chi connectivity index (χ1v) is 6.88. The molecule has 1 aromatic heterocycles. The molecule has 2 heterocycles. The topological polar surface area (TPSA) is 72.0 Å². The minimum absolute atomic E-state index is 0. The van der Waals surface area contributed by atoms with Crippen LogP contribution in [0.4, 0.5) is 0 Å². The van der Waals surface area contributed by atoms with E-state index in [9.17, 15) is 8.42 Å². The maximum Gasteiger partial charge on any atom is 0.249 e. The van der Waals surface area contributed by atoms with Gasteiger partial charge in [-0.2, -0.15) is 0 Å². The smallest absolute Gasteiger partial charge is 0.249 e. The summed E-state index contributed by atoms with van der Waals surface area (Å²) in [5, 5.41) is 2.57. The molecule has 1 aliphatic rings. The molecule has 0 aromatic carbocycles. The summed E-state index contributed by atoms with van der Waals surface area (Å²) in [6, 6.07) is 1.54. The van der Waals surface area contributed by atoms with Crippen LogP contribution in [0.1, 0.15) is 12.1 Å². The number of nitrogens with one attached hydrogen (secondary N) is 1. The van der Waals surface area contributed by atoms with Gasteiger partial charge in [-0.15, -0.1) is 12.4 Å². The van der Waals surface area contributed by atoms with Crippen LogP contribution in [0.3, 0.4) is 0 Å². The molecule has 1 saturated heterocycles. The number of aryl methyl sites for hydroxylation is 1. The predicted molar refractivity (Wildman–Crippen MR) is 67.5 cm³/mol. The van der Waals surface area contributed by atoms with Gasteiger partial charge in [-0.25, -0.2) is 18.4 Å². The molecule has 1 N–H and O–H groups in total. The molecule has 0 bridgehead atoms. The van der Waals surface area contributed by atoms with Crippen molar-refractivity contribution in [2.45, 2.75) is 23.8 Å². The largest absolute Gasteiger partial charge is 0.315 e. The second kappa shape index (κ2) is 5.48. The van der Waals surface area contributed by atoms with Gasteiger partial charge in [0, 0.05) is 12.2 Å². The van der Waals surface area contributed by atoms with E-state index in [-0.39, 0.29) is 22.7 Å². The first-order valence-electron chi connectivity index (χ1n) is 4.96. The maximum atomic E-state index is 12.1. The second-order valence-electron chi connectivity index (χ2n) is 3.77. The van der Waals surface area contributed by atoms with Crippen LogP contribution in [0.5, 0.6) is 0 Å². The summed E-state index contributed by atoms with van der Waals surface area (Å²) in [5.41, 5.74) is 0.560. The van der Waals surface area contributed by atoms with Crippen LogP contribution in [0.25, 0.3) is 0 Å². The molecule has 96 valence electrons. The highest BCUT2D eigenvalue weighted by atomic mass is 35.5. The van der Waals surface area contributed by atoms with E-state index in [0.717, 1.165) is 0 Å². The Morgan fingerprint density at radius 1 is 1.47 bits per heavy atom. The van der Waals surface area contributed by atoms with Gasteiger partial charge in [0.2, 0.25) is 15.0 Å². The third-order valence-corrected chi connectivity index (χ3v) is 4.68. The molecular weight excluding hydrogens is 285 g/mol. The van der Waals surface area contributed by atoms with Gasteiger partial charge in [-0.05, 0) is 26.0 Å². The number of rotatable bonds is 2. The Balaban J connectivity index is 0.00000144. The molecule has 17 heavy (non-hydrogen) atoms. The fourth-order valence-electron chi connectivity index (χ4n) is 1.67. The molecule has 0 amide bonds. The molecule has 5 nitrogen and oxygen atoms in total. The average molecular weight is 298 g/mol. The third-order valence-electron chi connectivity index (χ3n) is 2.51. The number of hydrogen-bond donors (Lipinski definition) is 1. The lowest BCUT2D eigenvalue weighted by atomic mass is 10.4. The fourth-order valence-corrected chi connectivity index (χ4v) is 3.52. The molecule has 0 radical (unpaired) electrons. The van der Waals surface area contributed by atoms with Gasteiger partial charge in [0.25, 0.3) is 0 Å². The summed E-state index contributed by atoms with van der Waals surface area (Å²) in [6.07, 6.45) is 0.594. The SMILES string of the molecule is Cc1cc(Cl)nc(S(=O)(=O)[C@@H]2CCNC2)n1.Cl. The monoisotopic (exact) mass is 297 g/mol. The predicted octanol–water partition coefficient (Wildman–Crippen LogP) is 0.996. The highest BCUT2D eigenvalue weighted by molar-refractivity contribution is 7.91. The Kier molecular flexibility index (Phi) is 4.71. The standard InChI is InChI=1S/C9H12ClN3O2S.ClH/c1-6-4-8(10)13-9(12-6)16(14,15)7-2-3-11-5-7;/h4,7,11H,2-3,5H2,1H3;1H/t7-;/m1./s1. The lowest BCUT2D eigenvalue weighted by Gasteiger charge is -2.09. The fraction of sp³-hybridized carbons (Fsp3) is 0.556. The van der Waals surface area contributed by atoms with Crippen molar-refractivity contribution in [1.82, 2.24) is 15.3 Å². The molecule has 1 aliphatic heterocycles. The van der Waals surface area contributed by atoms with E-state index in [1.807, 2.05) is 0 Å². The van der Waals surface area contributed by atoms with Crippen molar-refractivity contribution in [1.29, 1.82) is 0 Å². The van der Waals surface area contributed by atoms with Crippen LogP contribution in [-0.2, 0) is 9.84 Å². The van der Waals surface area contributed by atoms with E-state index in [1.165, 1.54) is 6.07 Å². The van der Waals surface area contributed by atoms with E-state index >= 15 is 0 Å². The number of aromatic nitrogens is 2. The average Bonchev–Trinajstić information content (AvgIpc) is 2.69. The van der Waals surface area contributed by atoms with E-state index in [0.29, 0.717) is 25.2 Å². The van der Waals surface area contributed by atoms with Gasteiger partial charge in [-0.1, -0.05) is 11.6 Å². The van der Waals surface area contributed by atoms with E-state index in [1.54, 1.807) is 6.92 Å². The summed E-state index contributed by atoms with van der Waals surface area (Å²) in [5.74, 6) is 0. The van der Waals surface area contributed by atoms with Gasteiger partial charge in [0.1, 0.15) is 5.15 Å². The van der Waals surface area contributed by atoms with Gasteiger partial charge < -0.3 is 5.32 Å². The molecule has 0 spiro atoms. The molecule has 1 atom stereocenters. The number of nitrogens with zero attached hydrogens (tertiary/aromatic N) is 2. The van der Waals surface area contributed by atoms with Crippen molar-refractivity contribution >= 4 is 33.8 Å². The number of hydrogen-bond acceptors (Lipinski definition) is 5. The highest BCUT2D eigenvalue weighted by Gasteiger charge is 2.32. The second-order valence-corrected chi connectivity index (χ2v) is 6.28. The van der Waals surface area contributed by atoms with Crippen molar-refractivity contribution < 1.29 is 8.42 Å². The molecule has 1 aromatic rings. The Morgan fingerprint density at radius 2 is 2.18 bits per heavy atom. The maximum absolute atomic E-state index is 12.1. The van der Waals surface area contributed by atoms with Crippen molar-refractivity contribution in [3.63, 3.8) is 0 Å². The first kappa shape index (κ1) is 14.6. The van der Waals surface area contributed by atoms with Gasteiger partial charge >= 0.3 is 0 Å². The van der Waals surface area contributed by atoms with E-state index in [4.69, 9.17) is 11.6 Å². The quantitative estimate of drug-likeness (QED) is 0.651. The van der Waals surface area contributed by atoms with Crippen molar-refractivity contribution in [3.8, 4) is 0 Å². The minimum Gasteiger partial charge on any atom is -0.315 e. The van der Waals surface area contributed by atoms with Gasteiger partial charge in [0.05, 0.1) is 5.25 Å². The Bertz CT molecular complexity index is 481. The Morgan fingerprint density at radius 3 is 2.71 bits per heavy atom. The van der Waals surface area contributed by atoms with Crippen molar-refractivity contribution in [2.24, 2.45) is 0 Å². The van der Waals surface area contributed by atoms with Crippen LogP contribution in [0.2, 0.25) is 5.15 Å². The van der Waals surface area contributed by atoms with Crippen LogP contribution >= 0.6 is 24.0 Å². The molecule has 2 rings (SSSR count). The first-order chi connectivity index (χ1) is 7.50. The van der Waals surface area contributed by atoms with E-state index in [2.05, 4.69) is 15.3 Å². The number of halogens is 2. The zero-order valence-electron chi connectivity index (χ0n) is 9.18. The van der Waals surface area contributed by atoms with Crippen LogP contribution in [0, 0.1) is 6.92 Å². The van der Waals surface area contributed by atoms with Crippen molar-refractivity contribution in [2.75, 3.05) is 13.1 Å². The lowest BCUT2D eigenvalue weighted by Crippen LogP contribution is -2.25. The minimum atomic E-state index is -3.45. The van der Waals surface area contributed by atoms with Crippen LogP contribution in [-0.4, -0.2) is 36.7 Å². The number of sulfone groups is 1. The summed E-state index contributed by atoms with van der Waals surface area (Å²) in [4.78, 5) is 7.73. The zero-order chi connectivity index (χ0) is 11.8. The molecule has 1 fully saturated rings. The molecule has 0 aliphatic carbocycles. The summed E-state index contributed by atoms with van der Waals surface area (Å²) in [6.45, 7) is 2.86. The van der Waals surface area contributed by atoms with Gasteiger partial charge in [-0.3, -0.25) is 0 Å². The Hall–Kier alpha value is -0.430. The molecule has 0 unspecified atom stereocenters. The molecule has 8 heteroatoms. The zero-order valence-corrected chi connectivity index (χ0v) is 11.6. The lowest BCUT2D eigenvalue weighted by molar-refractivity contribution is 0.573. The van der Waals surface area contributed by atoms with Gasteiger partial charge in [0.15, 0.2) is 0 Å². The summed E-state index contributed by atoms with van der Waals surface area (Å²) < 4.78 is 24.2. The molecular formula is C9H13Cl2N3O2S. The molecule has 0 saturated carbocycles. The summed E-state index contributed by atoms with van der Waals surface area (Å²) >= 11 is 5.73. The summed E-state index contributed by atoms with van der Waals surface area (Å²) in [7, 11) is -3.45. The van der Waals surface area contributed by atoms with Crippen LogP contribution < -0.4 is 5.32 Å². The highest BCUT2D eigenvalue weighted by Crippen LogP contribution is 2.19. The van der Waals surface area contributed by atoms with Crippen LogP contribution in [0.15, 0.2) is 11.2 Å². The third kappa shape index (κ3) is 3.07. The van der Waals surface area contributed by atoms with Crippen molar-refractivity contribution in [3.05, 3.63) is 16.9 Å². The Labute approximate surface area is 111 Å².